The van der Waals surface area contributed by atoms with Gasteiger partial charge < -0.3 is 0 Å². The molecule has 8 heteroatoms. The van der Waals surface area contributed by atoms with Gasteiger partial charge in [0, 0.05) is 4.47 Å². The van der Waals surface area contributed by atoms with Crippen molar-refractivity contribution in [1.82, 2.24) is 5.43 Å². The Morgan fingerprint density at radius 2 is 1.42 bits per heavy atom. The Labute approximate surface area is 219 Å². The molecule has 0 spiro atoms. The summed E-state index contributed by atoms with van der Waals surface area (Å²) < 4.78 is 29.7. The van der Waals surface area contributed by atoms with Crippen LogP contribution in [0.2, 0.25) is 0 Å². The number of nitrogens with zero attached hydrogens (tertiary/aromatic N) is 2. The van der Waals surface area contributed by atoms with E-state index in [1.54, 1.807) is 61.5 Å². The van der Waals surface area contributed by atoms with E-state index in [0.717, 1.165) is 15.6 Å². The van der Waals surface area contributed by atoms with Crippen LogP contribution in [0.5, 0.6) is 0 Å². The fraction of sp³-hybridized carbons (Fsp3) is 0.0714. The van der Waals surface area contributed by atoms with E-state index >= 15 is 0 Å². The van der Waals surface area contributed by atoms with Crippen molar-refractivity contribution in [2.24, 2.45) is 5.10 Å². The van der Waals surface area contributed by atoms with E-state index in [4.69, 9.17) is 0 Å². The maximum atomic E-state index is 13.8. The molecule has 4 rings (SSSR count). The number of hydrazone groups is 1. The van der Waals surface area contributed by atoms with Gasteiger partial charge in [-0.25, -0.2) is 13.8 Å². The maximum absolute atomic E-state index is 13.8. The zero-order chi connectivity index (χ0) is 25.5. The predicted octanol–water partition coefficient (Wildman–Crippen LogP) is 6.00. The van der Waals surface area contributed by atoms with Crippen LogP contribution >= 0.6 is 15.9 Å². The van der Waals surface area contributed by atoms with E-state index in [-0.39, 0.29) is 22.7 Å². The molecule has 0 radical (unpaired) electrons. The van der Waals surface area contributed by atoms with Crippen LogP contribution in [-0.2, 0) is 16.6 Å². The van der Waals surface area contributed by atoms with Gasteiger partial charge in [0.05, 0.1) is 28.4 Å². The Morgan fingerprint density at radius 1 is 0.833 bits per heavy atom. The van der Waals surface area contributed by atoms with Crippen LogP contribution in [0.1, 0.15) is 28.4 Å². The Kier molecular flexibility index (Phi) is 7.97. The lowest BCUT2D eigenvalue weighted by atomic mass is 10.1. The lowest BCUT2D eigenvalue weighted by Crippen LogP contribution is -2.33. The molecule has 0 aromatic heterocycles. The molecule has 0 saturated carbocycles. The standard InChI is InChI=1S/C28H24BrN3O3S/c1-21(23-16-18-24(29)19-17-23)30-31-28(33)26-14-8-9-15-27(26)32(20-22-10-4-2-5-11-22)36(34,35)25-12-6-3-7-13-25/h2-19H,20H2,1H3,(H,31,33)/b30-21+. The maximum Gasteiger partial charge on any atom is 0.273 e. The number of hydrogen-bond donors (Lipinski definition) is 1. The third-order valence-corrected chi connectivity index (χ3v) is 7.81. The van der Waals surface area contributed by atoms with Crippen molar-refractivity contribution >= 4 is 43.3 Å². The highest BCUT2D eigenvalue weighted by molar-refractivity contribution is 9.10. The average Bonchev–Trinajstić information content (AvgIpc) is 2.91. The van der Waals surface area contributed by atoms with Gasteiger partial charge in [-0.2, -0.15) is 5.10 Å². The van der Waals surface area contributed by atoms with Gasteiger partial charge in [-0.3, -0.25) is 9.10 Å². The molecule has 0 fully saturated rings. The van der Waals surface area contributed by atoms with Crippen molar-refractivity contribution in [2.45, 2.75) is 18.4 Å². The topological polar surface area (TPSA) is 78.8 Å². The van der Waals surface area contributed by atoms with Gasteiger partial charge in [-0.1, -0.05) is 88.7 Å². The summed E-state index contributed by atoms with van der Waals surface area (Å²) in [6, 6.07) is 31.6. The van der Waals surface area contributed by atoms with E-state index in [0.29, 0.717) is 5.71 Å². The first-order chi connectivity index (χ1) is 17.4. The molecule has 0 atom stereocenters. The van der Waals surface area contributed by atoms with Gasteiger partial charge in [0.1, 0.15) is 0 Å². The first-order valence-electron chi connectivity index (χ1n) is 11.2. The quantitative estimate of drug-likeness (QED) is 0.211. The molecular weight excluding hydrogens is 538 g/mol. The molecule has 0 unspecified atom stereocenters. The van der Waals surface area contributed by atoms with Crippen LogP contribution in [0.4, 0.5) is 5.69 Å². The van der Waals surface area contributed by atoms with Crippen molar-refractivity contribution in [3.05, 3.63) is 130 Å². The largest absolute Gasteiger partial charge is 0.273 e. The minimum Gasteiger partial charge on any atom is -0.267 e. The normalized spacial score (nSPS) is 11.7. The van der Waals surface area contributed by atoms with Gasteiger partial charge in [-0.15, -0.1) is 0 Å². The lowest BCUT2D eigenvalue weighted by Gasteiger charge is -2.26. The molecule has 4 aromatic rings. The Hall–Kier alpha value is -3.75. The molecule has 1 amide bonds. The molecule has 0 saturated heterocycles. The fourth-order valence-corrected chi connectivity index (χ4v) is 5.36. The highest BCUT2D eigenvalue weighted by Crippen LogP contribution is 2.29. The molecule has 4 aromatic carbocycles. The summed E-state index contributed by atoms with van der Waals surface area (Å²) in [4.78, 5) is 13.4. The number of amides is 1. The van der Waals surface area contributed by atoms with Gasteiger partial charge >= 0.3 is 0 Å². The number of sulfonamides is 1. The van der Waals surface area contributed by atoms with E-state index in [1.807, 2.05) is 54.6 Å². The lowest BCUT2D eigenvalue weighted by molar-refractivity contribution is 0.0955. The Balaban J connectivity index is 1.71. The molecule has 1 N–H and O–H groups in total. The second-order valence-corrected chi connectivity index (χ2v) is 10.8. The molecule has 36 heavy (non-hydrogen) atoms. The molecular formula is C28H24BrN3O3S. The highest BCUT2D eigenvalue weighted by atomic mass is 79.9. The van der Waals surface area contributed by atoms with E-state index in [9.17, 15) is 13.2 Å². The third-order valence-electron chi connectivity index (χ3n) is 5.50. The van der Waals surface area contributed by atoms with Crippen LogP contribution < -0.4 is 9.73 Å². The monoisotopic (exact) mass is 561 g/mol. The molecule has 0 aliphatic heterocycles. The van der Waals surface area contributed by atoms with Crippen LogP contribution in [0.25, 0.3) is 0 Å². The Bertz CT molecular complexity index is 1470. The molecule has 0 heterocycles. The van der Waals surface area contributed by atoms with Gasteiger partial charge in [0.2, 0.25) is 0 Å². The number of nitrogens with one attached hydrogen (secondary N) is 1. The third kappa shape index (κ3) is 5.90. The SMILES string of the molecule is C/C(=N\NC(=O)c1ccccc1N(Cc1ccccc1)S(=O)(=O)c1ccccc1)c1ccc(Br)cc1. The predicted molar refractivity (Wildman–Crippen MR) is 147 cm³/mol. The number of halogens is 1. The molecule has 0 bridgehead atoms. The van der Waals surface area contributed by atoms with Crippen molar-refractivity contribution in [2.75, 3.05) is 4.31 Å². The second kappa shape index (κ2) is 11.3. The smallest absolute Gasteiger partial charge is 0.267 e. The van der Waals surface area contributed by atoms with Crippen molar-refractivity contribution < 1.29 is 13.2 Å². The number of para-hydroxylation sites is 1. The zero-order valence-electron chi connectivity index (χ0n) is 19.5. The molecule has 0 aliphatic rings. The number of anilines is 1. The molecule has 0 aliphatic carbocycles. The van der Waals surface area contributed by atoms with Crippen LogP contribution in [0.3, 0.4) is 0 Å². The highest BCUT2D eigenvalue weighted by Gasteiger charge is 2.28. The molecule has 6 nitrogen and oxygen atoms in total. The number of carbonyl (C=O) groups excluding carboxylic acids is 1. The van der Waals surface area contributed by atoms with Crippen LogP contribution in [0, 0.1) is 0 Å². The number of rotatable bonds is 8. The zero-order valence-corrected chi connectivity index (χ0v) is 21.9. The summed E-state index contributed by atoms with van der Waals surface area (Å²) in [7, 11) is -3.97. The first-order valence-corrected chi connectivity index (χ1v) is 13.4. The number of carbonyl (C=O) groups is 1. The summed E-state index contributed by atoms with van der Waals surface area (Å²) in [6.07, 6.45) is 0. The van der Waals surface area contributed by atoms with Gasteiger partial charge in [0.15, 0.2) is 0 Å². The van der Waals surface area contributed by atoms with Crippen molar-refractivity contribution in [1.29, 1.82) is 0 Å². The minimum atomic E-state index is -3.97. The summed E-state index contributed by atoms with van der Waals surface area (Å²) in [6.45, 7) is 1.85. The summed E-state index contributed by atoms with van der Waals surface area (Å²) in [5.41, 5.74) is 5.29. The van der Waals surface area contributed by atoms with E-state index in [1.165, 1.54) is 4.31 Å². The van der Waals surface area contributed by atoms with Crippen molar-refractivity contribution in [3.8, 4) is 0 Å². The fourth-order valence-electron chi connectivity index (χ4n) is 3.60. The average molecular weight is 562 g/mol. The number of hydrogen-bond acceptors (Lipinski definition) is 4. The Morgan fingerprint density at radius 3 is 2.08 bits per heavy atom. The first kappa shape index (κ1) is 25.3. The van der Waals surface area contributed by atoms with Crippen molar-refractivity contribution in [3.63, 3.8) is 0 Å². The second-order valence-electron chi connectivity index (χ2n) is 7.97. The summed E-state index contributed by atoms with van der Waals surface area (Å²) >= 11 is 3.40. The summed E-state index contributed by atoms with van der Waals surface area (Å²) in [5.74, 6) is -0.511. The minimum absolute atomic E-state index is 0.0591. The molecule has 182 valence electrons. The van der Waals surface area contributed by atoms with Gasteiger partial charge in [0.25, 0.3) is 15.9 Å². The summed E-state index contributed by atoms with van der Waals surface area (Å²) in [5, 5.41) is 4.24. The van der Waals surface area contributed by atoms with E-state index < -0.39 is 15.9 Å². The van der Waals surface area contributed by atoms with Crippen LogP contribution in [-0.4, -0.2) is 20.0 Å². The number of benzene rings is 4. The van der Waals surface area contributed by atoms with E-state index in [2.05, 4.69) is 26.5 Å². The van der Waals surface area contributed by atoms with Gasteiger partial charge in [-0.05, 0) is 54.4 Å². The van der Waals surface area contributed by atoms with Crippen LogP contribution in [0.15, 0.2) is 124 Å².